The van der Waals surface area contributed by atoms with Gasteiger partial charge in [0, 0.05) is 19.6 Å². The van der Waals surface area contributed by atoms with Crippen LogP contribution in [0.1, 0.15) is 0 Å². The lowest BCUT2D eigenvalue weighted by molar-refractivity contribution is 0.168. The molecule has 0 unspecified atom stereocenters. The number of nitrogens with zero attached hydrogens (tertiary/aromatic N) is 3. The van der Waals surface area contributed by atoms with E-state index in [2.05, 4.69) is 26.4 Å². The van der Waals surface area contributed by atoms with E-state index in [1.54, 1.807) is 6.34 Å². The van der Waals surface area contributed by atoms with Crippen LogP contribution in [0.5, 0.6) is 0 Å². The second-order valence-corrected chi connectivity index (χ2v) is 2.95. The Morgan fingerprint density at radius 3 is 3.50 bits per heavy atom. The van der Waals surface area contributed by atoms with Gasteiger partial charge in [-0.3, -0.25) is 10.4 Å². The first-order valence-electron chi connectivity index (χ1n) is 4.01. The number of fused-ring (bicyclic) bond motifs is 2. The summed E-state index contributed by atoms with van der Waals surface area (Å²) in [7, 11) is 0. The van der Waals surface area contributed by atoms with Crippen LogP contribution in [0.2, 0.25) is 0 Å². The van der Waals surface area contributed by atoms with Crippen LogP contribution in [0.15, 0.2) is 16.6 Å². The monoisotopic (exact) mass is 166 g/mol. The van der Waals surface area contributed by atoms with E-state index in [-0.39, 0.29) is 0 Å². The number of hydrogen-bond acceptors (Lipinski definition) is 6. The molecule has 0 saturated carbocycles. The van der Waals surface area contributed by atoms with E-state index >= 15 is 0 Å². The highest BCUT2D eigenvalue weighted by Gasteiger charge is 2.31. The number of hydrogen-bond donors (Lipinski definition) is 3. The Hall–Kier alpha value is -1.27. The van der Waals surface area contributed by atoms with Crippen molar-refractivity contribution in [2.75, 3.05) is 19.6 Å². The van der Waals surface area contributed by atoms with Crippen LogP contribution in [0.4, 0.5) is 0 Å². The van der Waals surface area contributed by atoms with Crippen molar-refractivity contribution in [3.05, 3.63) is 11.5 Å². The first-order valence-corrected chi connectivity index (χ1v) is 4.01. The predicted octanol–water partition coefficient (Wildman–Crippen LogP) is -1.66. The van der Waals surface area contributed by atoms with Gasteiger partial charge in [0.25, 0.3) is 0 Å². The van der Waals surface area contributed by atoms with Gasteiger partial charge in [0.2, 0.25) is 0 Å². The summed E-state index contributed by atoms with van der Waals surface area (Å²) in [6.07, 6.45) is 1.74. The first-order chi connectivity index (χ1) is 5.95. The molecule has 1 fully saturated rings. The number of piperazine rings is 1. The molecule has 0 aromatic rings. The molecule has 3 heterocycles. The molecule has 0 aromatic carbocycles. The van der Waals surface area contributed by atoms with Gasteiger partial charge in [-0.2, -0.15) is 5.10 Å². The highest BCUT2D eigenvalue weighted by atomic mass is 15.8. The number of hydrazone groups is 1. The summed E-state index contributed by atoms with van der Waals surface area (Å²) in [4.78, 5) is 0. The maximum Gasteiger partial charge on any atom is 0.166 e. The average Bonchev–Trinajstić information content (AvgIpc) is 2.62. The Morgan fingerprint density at radius 1 is 1.50 bits per heavy atom. The van der Waals surface area contributed by atoms with Crippen molar-refractivity contribution in [2.24, 2.45) is 5.10 Å². The standard InChI is InChI=1S/C6H10N6/c1-2-11-5(3-7-1)6-9-8-4-12(6)10-11/h4,7,9-10H,1-3H2. The zero-order valence-electron chi connectivity index (χ0n) is 6.54. The lowest BCUT2D eigenvalue weighted by Gasteiger charge is -2.26. The Balaban J connectivity index is 1.96. The molecule has 0 radical (unpaired) electrons. The maximum atomic E-state index is 3.94. The molecule has 3 aliphatic heterocycles. The molecule has 0 bridgehead atoms. The molecule has 0 amide bonds. The number of nitrogens with one attached hydrogen (secondary N) is 3. The highest BCUT2D eigenvalue weighted by molar-refractivity contribution is 5.61. The summed E-state index contributed by atoms with van der Waals surface area (Å²) in [5.41, 5.74) is 7.38. The largest absolute Gasteiger partial charge is 0.309 e. The predicted molar refractivity (Wildman–Crippen MR) is 43.2 cm³/mol. The van der Waals surface area contributed by atoms with Crippen LogP contribution in [0.25, 0.3) is 0 Å². The Bertz CT molecular complexity index is 269. The smallest absolute Gasteiger partial charge is 0.166 e. The molecular weight excluding hydrogens is 156 g/mol. The molecule has 6 nitrogen and oxygen atoms in total. The third kappa shape index (κ3) is 0.678. The van der Waals surface area contributed by atoms with E-state index in [1.165, 1.54) is 5.70 Å². The topological polar surface area (TPSA) is 54.9 Å². The number of hydrazine groups is 2. The third-order valence-corrected chi connectivity index (χ3v) is 2.22. The summed E-state index contributed by atoms with van der Waals surface area (Å²) in [5.74, 6) is 1.04. The van der Waals surface area contributed by atoms with Crippen molar-refractivity contribution in [3.8, 4) is 0 Å². The molecule has 3 rings (SSSR count). The van der Waals surface area contributed by atoms with Gasteiger partial charge in [-0.1, -0.05) is 0 Å². The van der Waals surface area contributed by atoms with Crippen molar-refractivity contribution in [1.82, 2.24) is 26.3 Å². The van der Waals surface area contributed by atoms with Crippen molar-refractivity contribution < 1.29 is 0 Å². The fourth-order valence-electron chi connectivity index (χ4n) is 1.62. The van der Waals surface area contributed by atoms with Crippen LogP contribution in [-0.4, -0.2) is 36.0 Å². The molecule has 64 valence electrons. The average molecular weight is 166 g/mol. The summed E-state index contributed by atoms with van der Waals surface area (Å²) >= 11 is 0. The summed E-state index contributed by atoms with van der Waals surface area (Å²) in [6, 6.07) is 0. The first kappa shape index (κ1) is 6.27. The lowest BCUT2D eigenvalue weighted by atomic mass is 10.3. The lowest BCUT2D eigenvalue weighted by Crippen LogP contribution is -2.47. The molecule has 6 heteroatoms. The molecule has 1 saturated heterocycles. The van der Waals surface area contributed by atoms with Gasteiger partial charge >= 0.3 is 0 Å². The van der Waals surface area contributed by atoms with Crippen molar-refractivity contribution in [3.63, 3.8) is 0 Å². The van der Waals surface area contributed by atoms with E-state index in [9.17, 15) is 0 Å². The minimum atomic E-state index is 0.898. The molecular formula is C6H10N6. The van der Waals surface area contributed by atoms with Gasteiger partial charge in [-0.25, -0.2) is 5.01 Å². The Labute approximate surface area is 69.8 Å². The van der Waals surface area contributed by atoms with Crippen molar-refractivity contribution >= 4 is 6.34 Å². The second kappa shape index (κ2) is 2.11. The number of rotatable bonds is 0. The van der Waals surface area contributed by atoms with Gasteiger partial charge in [0.15, 0.2) is 5.82 Å². The van der Waals surface area contributed by atoms with Crippen LogP contribution in [0.3, 0.4) is 0 Å². The van der Waals surface area contributed by atoms with E-state index in [4.69, 9.17) is 0 Å². The SMILES string of the molecule is C1=NNC2=C3CNCCN3NN12. The summed E-state index contributed by atoms with van der Waals surface area (Å²) in [6.45, 7) is 2.91. The molecule has 3 aliphatic rings. The van der Waals surface area contributed by atoms with Crippen molar-refractivity contribution in [1.29, 1.82) is 0 Å². The molecule has 0 aromatic heterocycles. The van der Waals surface area contributed by atoms with Gasteiger partial charge in [-0.05, 0) is 0 Å². The van der Waals surface area contributed by atoms with Crippen LogP contribution < -0.4 is 16.3 Å². The minimum absolute atomic E-state index is 0.898. The molecule has 12 heavy (non-hydrogen) atoms. The Morgan fingerprint density at radius 2 is 2.50 bits per heavy atom. The Kier molecular flexibility index (Phi) is 1.10. The second-order valence-electron chi connectivity index (χ2n) is 2.95. The molecule has 3 N–H and O–H groups in total. The summed E-state index contributed by atoms with van der Waals surface area (Å²) in [5, 5.41) is 11.3. The quantitative estimate of drug-likeness (QED) is 0.402. The fourth-order valence-corrected chi connectivity index (χ4v) is 1.62. The zero-order valence-corrected chi connectivity index (χ0v) is 6.54. The van der Waals surface area contributed by atoms with Crippen molar-refractivity contribution in [2.45, 2.75) is 0 Å². The molecule has 0 aliphatic carbocycles. The molecule has 0 spiro atoms. The highest BCUT2D eigenvalue weighted by Crippen LogP contribution is 2.19. The van der Waals surface area contributed by atoms with E-state index in [1.807, 2.05) is 5.01 Å². The fraction of sp³-hybridized carbons (Fsp3) is 0.500. The third-order valence-electron chi connectivity index (χ3n) is 2.22. The molecule has 0 atom stereocenters. The summed E-state index contributed by atoms with van der Waals surface area (Å²) < 4.78 is 0. The minimum Gasteiger partial charge on any atom is -0.309 e. The van der Waals surface area contributed by atoms with Gasteiger partial charge in [0.05, 0.1) is 5.70 Å². The van der Waals surface area contributed by atoms with Gasteiger partial charge < -0.3 is 5.32 Å². The van der Waals surface area contributed by atoms with E-state index in [0.29, 0.717) is 0 Å². The van der Waals surface area contributed by atoms with Crippen LogP contribution >= 0.6 is 0 Å². The van der Waals surface area contributed by atoms with E-state index in [0.717, 1.165) is 25.5 Å². The zero-order chi connectivity index (χ0) is 7.97. The van der Waals surface area contributed by atoms with Gasteiger partial charge in [0.1, 0.15) is 6.34 Å². The van der Waals surface area contributed by atoms with Gasteiger partial charge in [-0.15, -0.1) is 5.53 Å². The normalized spacial score (nSPS) is 26.0. The van der Waals surface area contributed by atoms with Crippen LogP contribution in [0, 0.1) is 0 Å². The van der Waals surface area contributed by atoms with E-state index < -0.39 is 0 Å². The maximum absolute atomic E-state index is 3.94. The van der Waals surface area contributed by atoms with Crippen LogP contribution in [-0.2, 0) is 0 Å².